The van der Waals surface area contributed by atoms with Gasteiger partial charge in [-0.25, -0.2) is 4.39 Å². The van der Waals surface area contributed by atoms with Gasteiger partial charge in [0.15, 0.2) is 0 Å². The summed E-state index contributed by atoms with van der Waals surface area (Å²) in [7, 11) is 0. The van der Waals surface area contributed by atoms with Crippen molar-refractivity contribution in [2.75, 3.05) is 36.4 Å². The molecule has 0 unspecified atom stereocenters. The van der Waals surface area contributed by atoms with Crippen LogP contribution in [-0.4, -0.2) is 55.1 Å². The second-order valence-corrected chi connectivity index (χ2v) is 9.07. The highest BCUT2D eigenvalue weighted by Gasteiger charge is 2.29. The number of anilines is 2. The second-order valence-electron chi connectivity index (χ2n) is 9.07. The van der Waals surface area contributed by atoms with Crippen LogP contribution in [-0.2, 0) is 9.53 Å². The monoisotopic (exact) mass is 464 g/mol. The zero-order valence-electron chi connectivity index (χ0n) is 19.5. The van der Waals surface area contributed by atoms with E-state index in [0.29, 0.717) is 25.9 Å². The molecule has 34 heavy (non-hydrogen) atoms. The first kappa shape index (κ1) is 23.7. The number of piperidine rings is 1. The van der Waals surface area contributed by atoms with Crippen LogP contribution in [0, 0.1) is 23.1 Å². The number of morpholine rings is 1. The summed E-state index contributed by atoms with van der Waals surface area (Å²) in [5.41, 5.74) is 2.05. The molecule has 2 aromatic rings. The number of nitrogens with one attached hydrogen (secondary N) is 1. The highest BCUT2D eigenvalue weighted by Crippen LogP contribution is 2.25. The number of hydrogen-bond acceptors (Lipinski definition) is 5. The average Bonchev–Trinajstić information content (AvgIpc) is 2.83. The lowest BCUT2D eigenvalue weighted by Gasteiger charge is -2.37. The number of carbonyl (C=O) groups is 2. The maximum Gasteiger partial charge on any atom is 0.255 e. The van der Waals surface area contributed by atoms with Gasteiger partial charge < -0.3 is 19.9 Å². The molecule has 2 fully saturated rings. The Morgan fingerprint density at radius 3 is 2.32 bits per heavy atom. The fraction of sp³-hybridized carbons (Fsp3) is 0.423. The van der Waals surface area contributed by atoms with Crippen LogP contribution in [0.4, 0.5) is 15.8 Å². The number of likely N-dealkylation sites (tertiary alicyclic amines) is 1. The molecule has 7 nitrogen and oxygen atoms in total. The first-order chi connectivity index (χ1) is 16.3. The zero-order valence-corrected chi connectivity index (χ0v) is 19.5. The molecule has 2 atom stereocenters. The molecule has 0 saturated carbocycles. The van der Waals surface area contributed by atoms with Gasteiger partial charge in [-0.3, -0.25) is 9.59 Å². The maximum absolute atomic E-state index is 13.6. The van der Waals surface area contributed by atoms with E-state index in [1.165, 1.54) is 12.1 Å². The van der Waals surface area contributed by atoms with Gasteiger partial charge in [0.05, 0.1) is 29.4 Å². The van der Waals surface area contributed by atoms with Gasteiger partial charge in [-0.05, 0) is 69.2 Å². The highest BCUT2D eigenvalue weighted by atomic mass is 19.1. The second kappa shape index (κ2) is 10.2. The van der Waals surface area contributed by atoms with E-state index in [4.69, 9.17) is 4.74 Å². The summed E-state index contributed by atoms with van der Waals surface area (Å²) < 4.78 is 19.4. The van der Waals surface area contributed by atoms with Crippen molar-refractivity contribution in [2.24, 2.45) is 5.92 Å². The third-order valence-electron chi connectivity index (χ3n) is 6.41. The zero-order chi connectivity index (χ0) is 24.2. The molecule has 2 aliphatic rings. The van der Waals surface area contributed by atoms with E-state index in [9.17, 15) is 19.2 Å². The number of amides is 2. The Labute approximate surface area is 199 Å². The van der Waals surface area contributed by atoms with Gasteiger partial charge in [0, 0.05) is 43.5 Å². The van der Waals surface area contributed by atoms with E-state index in [1.54, 1.807) is 4.90 Å². The normalized spacial score (nSPS) is 21.1. The summed E-state index contributed by atoms with van der Waals surface area (Å²) >= 11 is 0. The lowest BCUT2D eigenvalue weighted by atomic mass is 9.95. The standard InChI is InChI=1S/C26H29FN4O3/c1-17-15-31(16-18(2)34-17)23-7-5-22(6-8-23)29-25(32)19-9-11-30(12-10-19)26(33)24-13-21(27)4-3-20(24)14-28/h3-8,13,17-19H,9-12,15-16H2,1-2H3,(H,29,32)/t17-,18+. The Hall–Kier alpha value is -3.44. The van der Waals surface area contributed by atoms with Crippen LogP contribution in [0.5, 0.6) is 0 Å². The maximum atomic E-state index is 13.6. The van der Waals surface area contributed by atoms with Crippen LogP contribution >= 0.6 is 0 Å². The topological polar surface area (TPSA) is 85.7 Å². The first-order valence-electron chi connectivity index (χ1n) is 11.6. The Kier molecular flexibility index (Phi) is 7.13. The van der Waals surface area contributed by atoms with Crippen molar-refractivity contribution in [3.63, 3.8) is 0 Å². The fourth-order valence-electron chi connectivity index (χ4n) is 4.69. The summed E-state index contributed by atoms with van der Waals surface area (Å²) in [6, 6.07) is 13.3. The molecule has 0 aromatic heterocycles. The minimum Gasteiger partial charge on any atom is -0.372 e. The molecule has 8 heteroatoms. The van der Waals surface area contributed by atoms with Crippen LogP contribution in [0.25, 0.3) is 0 Å². The summed E-state index contributed by atoms with van der Waals surface area (Å²) in [4.78, 5) is 29.5. The van der Waals surface area contributed by atoms with Gasteiger partial charge in [-0.2, -0.15) is 5.26 Å². The smallest absolute Gasteiger partial charge is 0.255 e. The Morgan fingerprint density at radius 2 is 1.71 bits per heavy atom. The number of ether oxygens (including phenoxy) is 1. The van der Waals surface area contributed by atoms with Crippen molar-refractivity contribution in [2.45, 2.75) is 38.9 Å². The van der Waals surface area contributed by atoms with Gasteiger partial charge in [-0.15, -0.1) is 0 Å². The molecule has 0 aliphatic carbocycles. The minimum atomic E-state index is -0.555. The molecule has 0 bridgehead atoms. The third kappa shape index (κ3) is 5.37. The molecule has 0 spiro atoms. The average molecular weight is 465 g/mol. The molecule has 0 radical (unpaired) electrons. The Morgan fingerprint density at radius 1 is 1.06 bits per heavy atom. The van der Waals surface area contributed by atoms with E-state index < -0.39 is 5.82 Å². The van der Waals surface area contributed by atoms with Crippen molar-refractivity contribution in [3.8, 4) is 6.07 Å². The third-order valence-corrected chi connectivity index (χ3v) is 6.41. The summed E-state index contributed by atoms with van der Waals surface area (Å²) in [6.07, 6.45) is 1.37. The van der Waals surface area contributed by atoms with Crippen LogP contribution < -0.4 is 10.2 Å². The van der Waals surface area contributed by atoms with Crippen molar-refractivity contribution < 1.29 is 18.7 Å². The number of halogens is 1. The molecule has 2 heterocycles. The van der Waals surface area contributed by atoms with Gasteiger partial charge in [0.2, 0.25) is 5.91 Å². The van der Waals surface area contributed by atoms with Gasteiger partial charge >= 0.3 is 0 Å². The molecule has 4 rings (SSSR count). The van der Waals surface area contributed by atoms with Crippen molar-refractivity contribution in [1.82, 2.24) is 4.90 Å². The lowest BCUT2D eigenvalue weighted by molar-refractivity contribution is -0.121. The predicted octanol–water partition coefficient (Wildman–Crippen LogP) is 3.80. The fourth-order valence-corrected chi connectivity index (χ4v) is 4.69. The van der Waals surface area contributed by atoms with Gasteiger partial charge in [-0.1, -0.05) is 0 Å². The van der Waals surface area contributed by atoms with E-state index in [-0.39, 0.29) is 41.1 Å². The van der Waals surface area contributed by atoms with Crippen LogP contribution in [0.1, 0.15) is 42.6 Å². The molecule has 2 saturated heterocycles. The summed E-state index contributed by atoms with van der Waals surface area (Å²) in [6.45, 7) is 6.56. The molecule has 2 amide bonds. The predicted molar refractivity (Wildman–Crippen MR) is 127 cm³/mol. The van der Waals surface area contributed by atoms with E-state index in [0.717, 1.165) is 30.5 Å². The Bertz CT molecular complexity index is 1080. The number of nitriles is 1. The van der Waals surface area contributed by atoms with Gasteiger partial charge in [0.25, 0.3) is 5.91 Å². The SMILES string of the molecule is C[C@@H]1CN(c2ccc(NC(=O)C3CCN(C(=O)c4cc(F)ccc4C#N)CC3)cc2)C[C@H](C)O1. The number of carbonyl (C=O) groups excluding carboxylic acids is 2. The number of rotatable bonds is 4. The highest BCUT2D eigenvalue weighted by molar-refractivity contribution is 5.97. The minimum absolute atomic E-state index is 0.0644. The molecular formula is C26H29FN4O3. The van der Waals surface area contributed by atoms with Crippen molar-refractivity contribution in [1.29, 1.82) is 5.26 Å². The molecule has 178 valence electrons. The Balaban J connectivity index is 1.31. The van der Waals surface area contributed by atoms with Crippen LogP contribution in [0.3, 0.4) is 0 Å². The van der Waals surface area contributed by atoms with Crippen molar-refractivity contribution >= 4 is 23.2 Å². The number of hydrogen-bond donors (Lipinski definition) is 1. The van der Waals surface area contributed by atoms with E-state index in [1.807, 2.05) is 30.3 Å². The molecule has 2 aliphatic heterocycles. The summed E-state index contributed by atoms with van der Waals surface area (Å²) in [5.74, 6) is -1.22. The molecular weight excluding hydrogens is 435 g/mol. The quantitative estimate of drug-likeness (QED) is 0.744. The summed E-state index contributed by atoms with van der Waals surface area (Å²) in [5, 5.41) is 12.2. The van der Waals surface area contributed by atoms with E-state index in [2.05, 4.69) is 24.1 Å². The molecule has 2 aromatic carbocycles. The van der Waals surface area contributed by atoms with Crippen molar-refractivity contribution in [3.05, 3.63) is 59.4 Å². The van der Waals surface area contributed by atoms with E-state index >= 15 is 0 Å². The molecule has 1 N–H and O–H groups in total. The van der Waals surface area contributed by atoms with Crippen LogP contribution in [0.15, 0.2) is 42.5 Å². The number of benzene rings is 2. The number of nitrogens with zero attached hydrogens (tertiary/aromatic N) is 3. The lowest BCUT2D eigenvalue weighted by Crippen LogP contribution is -2.45. The first-order valence-corrected chi connectivity index (χ1v) is 11.6. The largest absolute Gasteiger partial charge is 0.372 e. The van der Waals surface area contributed by atoms with Crippen LogP contribution in [0.2, 0.25) is 0 Å². The van der Waals surface area contributed by atoms with Gasteiger partial charge in [0.1, 0.15) is 5.82 Å².